The number of carbonyl (C=O) groups excluding carboxylic acids is 1. The van der Waals surface area contributed by atoms with Crippen molar-refractivity contribution in [3.63, 3.8) is 0 Å². The van der Waals surface area contributed by atoms with Crippen LogP contribution in [-0.2, 0) is 6.18 Å². The normalized spacial score (nSPS) is 17.5. The number of hydrogen-bond donors (Lipinski definition) is 1. The molecule has 0 saturated carbocycles. The molecule has 1 heterocycles. The molecule has 2 aromatic carbocycles. The number of rotatable bonds is 2. The van der Waals surface area contributed by atoms with Crippen LogP contribution in [0.4, 0.5) is 13.2 Å². The van der Waals surface area contributed by atoms with Crippen LogP contribution in [0.15, 0.2) is 42.5 Å². The van der Waals surface area contributed by atoms with Crippen molar-refractivity contribution in [2.75, 3.05) is 6.61 Å². The van der Waals surface area contributed by atoms with Gasteiger partial charge in [-0.05, 0) is 41.3 Å². The number of fused-ring (bicyclic) bond motifs is 1. The summed E-state index contributed by atoms with van der Waals surface area (Å²) in [5.74, 6) is 0.476. The van der Waals surface area contributed by atoms with Gasteiger partial charge in [0.2, 0.25) is 0 Å². The van der Waals surface area contributed by atoms with E-state index < -0.39 is 11.7 Å². The Morgan fingerprint density at radius 1 is 1.08 bits per heavy atom. The molecule has 0 radical (unpaired) electrons. The molecule has 132 valence electrons. The Balaban J connectivity index is 1.92. The molecule has 0 saturated heterocycles. The SMILES string of the molecule is CC(C)C1COc2ccc(-c3ccc(C(F)(F)F)cc3)cc2C(=O)N1. The standard InChI is InChI=1S/C19H18F3NO2/c1-11(2)16-10-25-17-8-5-13(9-15(17)18(24)23-16)12-3-6-14(7-4-12)19(20,21)22/h3-9,11,16H,10H2,1-2H3,(H,23,24). The predicted octanol–water partition coefficient (Wildman–Crippen LogP) is 4.52. The molecule has 1 unspecified atom stereocenters. The third-order valence-corrected chi connectivity index (χ3v) is 4.31. The first-order valence-corrected chi connectivity index (χ1v) is 8.01. The Hall–Kier alpha value is -2.50. The second-order valence-electron chi connectivity index (χ2n) is 6.42. The summed E-state index contributed by atoms with van der Waals surface area (Å²) in [4.78, 5) is 12.4. The average Bonchev–Trinajstić information content (AvgIpc) is 2.73. The van der Waals surface area contributed by atoms with E-state index in [0.717, 1.165) is 12.1 Å². The van der Waals surface area contributed by atoms with E-state index in [1.807, 2.05) is 13.8 Å². The highest BCUT2D eigenvalue weighted by molar-refractivity contribution is 5.98. The van der Waals surface area contributed by atoms with E-state index >= 15 is 0 Å². The lowest BCUT2D eigenvalue weighted by molar-refractivity contribution is -0.137. The van der Waals surface area contributed by atoms with E-state index in [-0.39, 0.29) is 17.9 Å². The van der Waals surface area contributed by atoms with Crippen LogP contribution in [0.3, 0.4) is 0 Å². The van der Waals surface area contributed by atoms with Crippen LogP contribution in [0.1, 0.15) is 29.8 Å². The Morgan fingerprint density at radius 3 is 2.32 bits per heavy atom. The fraction of sp³-hybridized carbons (Fsp3) is 0.316. The van der Waals surface area contributed by atoms with Crippen LogP contribution in [-0.4, -0.2) is 18.6 Å². The molecule has 6 heteroatoms. The number of alkyl halides is 3. The van der Waals surface area contributed by atoms with Gasteiger partial charge in [-0.25, -0.2) is 0 Å². The number of amides is 1. The maximum Gasteiger partial charge on any atom is 0.416 e. The van der Waals surface area contributed by atoms with Crippen molar-refractivity contribution in [2.45, 2.75) is 26.1 Å². The first-order valence-electron chi connectivity index (χ1n) is 8.01. The van der Waals surface area contributed by atoms with E-state index in [1.165, 1.54) is 12.1 Å². The highest BCUT2D eigenvalue weighted by atomic mass is 19.4. The maximum atomic E-state index is 12.7. The van der Waals surface area contributed by atoms with Gasteiger partial charge in [-0.3, -0.25) is 4.79 Å². The fourth-order valence-corrected chi connectivity index (χ4v) is 2.69. The number of hydrogen-bond acceptors (Lipinski definition) is 2. The van der Waals surface area contributed by atoms with Crippen molar-refractivity contribution >= 4 is 5.91 Å². The largest absolute Gasteiger partial charge is 0.491 e. The molecule has 3 rings (SSSR count). The number of halogens is 3. The molecule has 0 spiro atoms. The van der Waals surface area contributed by atoms with Crippen LogP contribution in [0.25, 0.3) is 11.1 Å². The smallest absolute Gasteiger partial charge is 0.416 e. The molecule has 2 aromatic rings. The van der Waals surface area contributed by atoms with Gasteiger partial charge < -0.3 is 10.1 Å². The minimum absolute atomic E-state index is 0.0885. The molecule has 1 amide bonds. The summed E-state index contributed by atoms with van der Waals surface area (Å²) in [6.07, 6.45) is -4.37. The van der Waals surface area contributed by atoms with Gasteiger partial charge in [-0.1, -0.05) is 32.0 Å². The van der Waals surface area contributed by atoms with Crippen molar-refractivity contribution in [1.82, 2.24) is 5.32 Å². The third-order valence-electron chi connectivity index (χ3n) is 4.31. The van der Waals surface area contributed by atoms with Gasteiger partial charge in [-0.15, -0.1) is 0 Å². The molecule has 1 aliphatic heterocycles. The minimum atomic E-state index is -4.37. The molecule has 0 bridgehead atoms. The van der Waals surface area contributed by atoms with Crippen molar-refractivity contribution in [2.24, 2.45) is 5.92 Å². The van der Waals surface area contributed by atoms with Gasteiger partial charge in [0, 0.05) is 0 Å². The summed E-state index contributed by atoms with van der Waals surface area (Å²) < 4.78 is 43.7. The number of nitrogens with one attached hydrogen (secondary N) is 1. The molecule has 1 N–H and O–H groups in total. The average molecular weight is 349 g/mol. The molecule has 1 atom stereocenters. The maximum absolute atomic E-state index is 12.7. The van der Waals surface area contributed by atoms with E-state index in [0.29, 0.717) is 29.0 Å². The molecule has 0 fully saturated rings. The number of ether oxygens (including phenoxy) is 1. The van der Waals surface area contributed by atoms with Crippen LogP contribution >= 0.6 is 0 Å². The minimum Gasteiger partial charge on any atom is -0.491 e. The van der Waals surface area contributed by atoms with Crippen molar-refractivity contribution < 1.29 is 22.7 Å². The van der Waals surface area contributed by atoms with Crippen LogP contribution < -0.4 is 10.1 Å². The molecule has 1 aliphatic rings. The predicted molar refractivity (Wildman–Crippen MR) is 88.5 cm³/mol. The first kappa shape index (κ1) is 17.3. The van der Waals surface area contributed by atoms with Crippen LogP contribution in [0, 0.1) is 5.92 Å². The fourth-order valence-electron chi connectivity index (χ4n) is 2.69. The zero-order valence-corrected chi connectivity index (χ0v) is 13.9. The highest BCUT2D eigenvalue weighted by Crippen LogP contribution is 2.32. The van der Waals surface area contributed by atoms with Gasteiger partial charge in [0.1, 0.15) is 12.4 Å². The van der Waals surface area contributed by atoms with E-state index in [2.05, 4.69) is 5.32 Å². The third kappa shape index (κ3) is 3.62. The van der Waals surface area contributed by atoms with Gasteiger partial charge >= 0.3 is 6.18 Å². The molecule has 0 aromatic heterocycles. The Bertz CT molecular complexity index is 782. The Labute approximate surface area is 143 Å². The van der Waals surface area contributed by atoms with Gasteiger partial charge in [-0.2, -0.15) is 13.2 Å². The quantitative estimate of drug-likeness (QED) is 0.866. The highest BCUT2D eigenvalue weighted by Gasteiger charge is 2.30. The molecular formula is C19H18F3NO2. The van der Waals surface area contributed by atoms with Gasteiger partial charge in [0.05, 0.1) is 17.2 Å². The monoisotopic (exact) mass is 349 g/mol. The van der Waals surface area contributed by atoms with E-state index in [9.17, 15) is 18.0 Å². The summed E-state index contributed by atoms with van der Waals surface area (Å²) in [5.41, 5.74) is 0.954. The second kappa shape index (κ2) is 6.43. The zero-order chi connectivity index (χ0) is 18.2. The van der Waals surface area contributed by atoms with E-state index in [1.54, 1.807) is 18.2 Å². The number of benzene rings is 2. The molecule has 25 heavy (non-hydrogen) atoms. The zero-order valence-electron chi connectivity index (χ0n) is 13.9. The lowest BCUT2D eigenvalue weighted by Gasteiger charge is -2.18. The van der Waals surface area contributed by atoms with Gasteiger partial charge in [0.25, 0.3) is 5.91 Å². The van der Waals surface area contributed by atoms with Gasteiger partial charge in [0.15, 0.2) is 0 Å². The summed E-state index contributed by atoms with van der Waals surface area (Å²) >= 11 is 0. The van der Waals surface area contributed by atoms with Crippen molar-refractivity contribution in [1.29, 1.82) is 0 Å². The first-order chi connectivity index (χ1) is 11.8. The van der Waals surface area contributed by atoms with Crippen LogP contribution in [0.2, 0.25) is 0 Å². The summed E-state index contributed by atoms with van der Waals surface area (Å²) in [7, 11) is 0. The summed E-state index contributed by atoms with van der Waals surface area (Å²) in [6, 6.07) is 9.85. The van der Waals surface area contributed by atoms with E-state index in [4.69, 9.17) is 4.74 Å². The van der Waals surface area contributed by atoms with Crippen molar-refractivity contribution in [3.8, 4) is 16.9 Å². The van der Waals surface area contributed by atoms with Crippen molar-refractivity contribution in [3.05, 3.63) is 53.6 Å². The Kier molecular flexibility index (Phi) is 4.45. The Morgan fingerprint density at radius 2 is 1.72 bits per heavy atom. The summed E-state index contributed by atoms with van der Waals surface area (Å²) in [6.45, 7) is 4.38. The number of carbonyl (C=O) groups is 1. The lowest BCUT2D eigenvalue weighted by atomic mass is 10.0. The second-order valence-corrected chi connectivity index (χ2v) is 6.42. The lowest BCUT2D eigenvalue weighted by Crippen LogP contribution is -2.40. The molecular weight excluding hydrogens is 331 g/mol. The van der Waals surface area contributed by atoms with Crippen LogP contribution in [0.5, 0.6) is 5.75 Å². The molecule has 3 nitrogen and oxygen atoms in total. The summed E-state index contributed by atoms with van der Waals surface area (Å²) in [5, 5.41) is 2.93. The topological polar surface area (TPSA) is 38.3 Å². The molecule has 0 aliphatic carbocycles.